The SMILES string of the molecule is Cc1cc(F)c(C(F)(F)OC2CCC(c3cc(C)c(C)c(C)c3)CC2)c(F)c1. The predicted molar refractivity (Wildman–Crippen MR) is 102 cm³/mol. The van der Waals surface area contributed by atoms with E-state index in [0.717, 1.165) is 12.1 Å². The zero-order valence-corrected chi connectivity index (χ0v) is 16.7. The molecule has 0 N–H and O–H groups in total. The van der Waals surface area contributed by atoms with E-state index in [-0.39, 0.29) is 5.56 Å². The Morgan fingerprint density at radius 1 is 0.821 bits per heavy atom. The molecule has 3 rings (SSSR count). The van der Waals surface area contributed by atoms with Gasteiger partial charge in [0.1, 0.15) is 17.2 Å². The van der Waals surface area contributed by atoms with Crippen molar-refractivity contribution >= 4 is 0 Å². The standard InChI is InChI=1S/C23H26F4O/c1-13-9-20(24)22(21(25)10-13)23(26,27)28-19-7-5-17(6-8-19)18-11-14(2)16(4)15(3)12-18/h9-12,17,19H,5-8H2,1-4H3. The van der Waals surface area contributed by atoms with Crippen molar-refractivity contribution in [3.63, 3.8) is 0 Å². The number of ether oxygens (including phenoxy) is 1. The van der Waals surface area contributed by atoms with Gasteiger partial charge in [0.05, 0.1) is 6.10 Å². The minimum Gasteiger partial charge on any atom is -0.313 e. The number of alkyl halides is 2. The molecule has 0 spiro atoms. The van der Waals surface area contributed by atoms with Gasteiger partial charge in [-0.25, -0.2) is 8.78 Å². The molecule has 0 heterocycles. The van der Waals surface area contributed by atoms with Gasteiger partial charge in [-0.1, -0.05) is 12.1 Å². The molecular weight excluding hydrogens is 368 g/mol. The molecule has 0 aliphatic heterocycles. The maximum atomic E-state index is 14.5. The van der Waals surface area contributed by atoms with Gasteiger partial charge in [0, 0.05) is 0 Å². The van der Waals surface area contributed by atoms with E-state index in [1.54, 1.807) is 0 Å². The first-order chi connectivity index (χ1) is 13.1. The van der Waals surface area contributed by atoms with E-state index in [2.05, 4.69) is 32.9 Å². The minimum absolute atomic E-state index is 0.249. The summed E-state index contributed by atoms with van der Waals surface area (Å²) in [5, 5.41) is 0. The summed E-state index contributed by atoms with van der Waals surface area (Å²) in [6.45, 7) is 7.69. The average molecular weight is 394 g/mol. The number of hydrogen-bond donors (Lipinski definition) is 0. The summed E-state index contributed by atoms with van der Waals surface area (Å²) in [4.78, 5) is 0. The largest absolute Gasteiger partial charge is 0.389 e. The highest BCUT2D eigenvalue weighted by atomic mass is 19.3. The summed E-state index contributed by atoms with van der Waals surface area (Å²) in [7, 11) is 0. The Morgan fingerprint density at radius 2 is 1.32 bits per heavy atom. The van der Waals surface area contributed by atoms with E-state index in [9.17, 15) is 17.6 Å². The smallest absolute Gasteiger partial charge is 0.313 e. The molecule has 2 aromatic rings. The summed E-state index contributed by atoms with van der Waals surface area (Å²) in [5.41, 5.74) is 3.89. The summed E-state index contributed by atoms with van der Waals surface area (Å²) < 4.78 is 61.7. The molecule has 152 valence electrons. The highest BCUT2D eigenvalue weighted by Gasteiger charge is 2.42. The van der Waals surface area contributed by atoms with Crippen LogP contribution in [0.2, 0.25) is 0 Å². The summed E-state index contributed by atoms with van der Waals surface area (Å²) >= 11 is 0. The van der Waals surface area contributed by atoms with E-state index in [1.807, 2.05) is 0 Å². The first-order valence-corrected chi connectivity index (χ1v) is 9.68. The van der Waals surface area contributed by atoms with Crippen LogP contribution in [0, 0.1) is 39.3 Å². The molecule has 0 saturated heterocycles. The lowest BCUT2D eigenvalue weighted by Gasteiger charge is -2.32. The van der Waals surface area contributed by atoms with Crippen LogP contribution in [0.5, 0.6) is 0 Å². The van der Waals surface area contributed by atoms with Crippen LogP contribution in [0.15, 0.2) is 24.3 Å². The monoisotopic (exact) mass is 394 g/mol. The number of halogens is 4. The molecule has 0 atom stereocenters. The molecule has 2 aromatic carbocycles. The van der Waals surface area contributed by atoms with Crippen LogP contribution in [0.25, 0.3) is 0 Å². The average Bonchev–Trinajstić information content (AvgIpc) is 2.58. The van der Waals surface area contributed by atoms with Crippen LogP contribution in [0.3, 0.4) is 0 Å². The van der Waals surface area contributed by atoms with E-state index in [4.69, 9.17) is 4.74 Å². The highest BCUT2D eigenvalue weighted by Crippen LogP contribution is 2.41. The van der Waals surface area contributed by atoms with Gasteiger partial charge in [0.25, 0.3) is 0 Å². The van der Waals surface area contributed by atoms with Crippen LogP contribution >= 0.6 is 0 Å². The van der Waals surface area contributed by atoms with Crippen LogP contribution in [0.1, 0.15) is 65.0 Å². The van der Waals surface area contributed by atoms with E-state index >= 15 is 0 Å². The van der Waals surface area contributed by atoms with Gasteiger partial charge in [-0.05, 0) is 99.2 Å². The van der Waals surface area contributed by atoms with Crippen molar-refractivity contribution in [3.8, 4) is 0 Å². The lowest BCUT2D eigenvalue weighted by atomic mass is 9.81. The zero-order valence-electron chi connectivity index (χ0n) is 16.7. The van der Waals surface area contributed by atoms with Crippen molar-refractivity contribution in [3.05, 3.63) is 69.3 Å². The lowest BCUT2D eigenvalue weighted by molar-refractivity contribution is -0.280. The quantitative estimate of drug-likeness (QED) is 0.508. The fourth-order valence-electron chi connectivity index (χ4n) is 4.07. The van der Waals surface area contributed by atoms with Gasteiger partial charge >= 0.3 is 6.11 Å². The van der Waals surface area contributed by atoms with Crippen LogP contribution in [-0.4, -0.2) is 6.10 Å². The third-order valence-corrected chi connectivity index (χ3v) is 5.89. The number of aryl methyl sites for hydroxylation is 3. The van der Waals surface area contributed by atoms with E-state index in [0.29, 0.717) is 31.6 Å². The van der Waals surface area contributed by atoms with Gasteiger partial charge < -0.3 is 4.74 Å². The molecule has 1 nitrogen and oxygen atoms in total. The first kappa shape index (κ1) is 20.8. The van der Waals surface area contributed by atoms with Gasteiger partial charge in [0.15, 0.2) is 0 Å². The number of hydrogen-bond acceptors (Lipinski definition) is 1. The Bertz CT molecular complexity index is 821. The fraction of sp³-hybridized carbons (Fsp3) is 0.478. The maximum absolute atomic E-state index is 14.5. The molecular formula is C23H26F4O. The summed E-state index contributed by atoms with van der Waals surface area (Å²) in [5.74, 6) is -2.26. The first-order valence-electron chi connectivity index (χ1n) is 9.68. The molecule has 1 aliphatic carbocycles. The van der Waals surface area contributed by atoms with E-state index < -0.39 is 29.4 Å². The van der Waals surface area contributed by atoms with Gasteiger partial charge in [0.2, 0.25) is 0 Å². The molecule has 0 amide bonds. The molecule has 1 saturated carbocycles. The van der Waals surface area contributed by atoms with Crippen molar-refractivity contribution < 1.29 is 22.3 Å². The Morgan fingerprint density at radius 3 is 1.82 bits per heavy atom. The van der Waals surface area contributed by atoms with Gasteiger partial charge in [-0.2, -0.15) is 8.78 Å². The molecule has 5 heteroatoms. The second kappa shape index (κ2) is 7.86. The van der Waals surface area contributed by atoms with Crippen molar-refractivity contribution in [1.82, 2.24) is 0 Å². The zero-order chi connectivity index (χ0) is 20.6. The molecule has 0 unspecified atom stereocenters. The Balaban J connectivity index is 1.69. The Hall–Kier alpha value is -1.88. The second-order valence-electron chi connectivity index (χ2n) is 7.99. The van der Waals surface area contributed by atoms with Gasteiger partial charge in [-0.15, -0.1) is 0 Å². The molecule has 28 heavy (non-hydrogen) atoms. The van der Waals surface area contributed by atoms with Gasteiger partial charge in [-0.3, -0.25) is 0 Å². The Labute approximate surface area is 163 Å². The summed E-state index contributed by atoms with van der Waals surface area (Å²) in [6, 6.07) is 6.13. The van der Waals surface area contributed by atoms with Crippen LogP contribution < -0.4 is 0 Å². The topological polar surface area (TPSA) is 9.23 Å². The number of benzene rings is 2. The van der Waals surface area contributed by atoms with Crippen molar-refractivity contribution in [1.29, 1.82) is 0 Å². The van der Waals surface area contributed by atoms with Crippen molar-refractivity contribution in [2.75, 3.05) is 0 Å². The normalized spacial score (nSPS) is 20.4. The molecule has 1 aliphatic rings. The maximum Gasteiger partial charge on any atom is 0.389 e. The highest BCUT2D eigenvalue weighted by molar-refractivity contribution is 5.38. The van der Waals surface area contributed by atoms with Crippen molar-refractivity contribution in [2.24, 2.45) is 0 Å². The third-order valence-electron chi connectivity index (χ3n) is 5.89. The van der Waals surface area contributed by atoms with E-state index in [1.165, 1.54) is 29.2 Å². The lowest BCUT2D eigenvalue weighted by Crippen LogP contribution is -2.31. The molecule has 0 aromatic heterocycles. The summed E-state index contributed by atoms with van der Waals surface area (Å²) in [6.07, 6.45) is -2.43. The third kappa shape index (κ3) is 4.24. The van der Waals surface area contributed by atoms with Crippen molar-refractivity contribution in [2.45, 2.75) is 71.5 Å². The molecule has 0 radical (unpaired) electrons. The Kier molecular flexibility index (Phi) is 5.85. The minimum atomic E-state index is -3.99. The predicted octanol–water partition coefficient (Wildman–Crippen LogP) is 6.99. The second-order valence-corrected chi connectivity index (χ2v) is 7.99. The molecule has 0 bridgehead atoms. The van der Waals surface area contributed by atoms with Crippen LogP contribution in [-0.2, 0) is 10.8 Å². The number of rotatable bonds is 4. The fourth-order valence-corrected chi connectivity index (χ4v) is 4.07. The molecule has 1 fully saturated rings. The van der Waals surface area contributed by atoms with Crippen LogP contribution in [0.4, 0.5) is 17.6 Å².